The smallest absolute Gasteiger partial charge is 0.289 e. The van der Waals surface area contributed by atoms with Crippen LogP contribution in [0.4, 0.5) is 5.69 Å². The lowest BCUT2D eigenvalue weighted by Gasteiger charge is -2.22. The number of hydrogen-bond acceptors (Lipinski definition) is 6. The first-order valence-electron chi connectivity index (χ1n) is 6.03. The van der Waals surface area contributed by atoms with E-state index in [4.69, 9.17) is 9.57 Å². The molecular weight excluding hydrogens is 288 g/mol. The first kappa shape index (κ1) is 14.9. The van der Waals surface area contributed by atoms with Gasteiger partial charge < -0.3 is 4.74 Å². The Bertz CT molecular complexity index is 582. The van der Waals surface area contributed by atoms with E-state index in [-0.39, 0.29) is 0 Å². The van der Waals surface area contributed by atoms with E-state index in [2.05, 4.69) is 0 Å². The van der Waals surface area contributed by atoms with Gasteiger partial charge in [0, 0.05) is 19.1 Å². The van der Waals surface area contributed by atoms with Crippen molar-refractivity contribution in [2.45, 2.75) is 30.4 Å². The van der Waals surface area contributed by atoms with Crippen molar-refractivity contribution >= 4 is 15.7 Å². The van der Waals surface area contributed by atoms with Crippen molar-refractivity contribution in [1.82, 2.24) is 4.89 Å². The quantitative estimate of drug-likeness (QED) is 0.649. The second-order valence-corrected chi connectivity index (χ2v) is 5.84. The minimum Gasteiger partial charge on any atom is -0.351 e. The van der Waals surface area contributed by atoms with Gasteiger partial charge in [-0.3, -0.25) is 15.0 Å². The molecule has 1 aromatic rings. The van der Waals surface area contributed by atoms with Gasteiger partial charge in [-0.1, -0.05) is 17.0 Å². The van der Waals surface area contributed by atoms with E-state index in [0.29, 0.717) is 13.0 Å². The summed E-state index contributed by atoms with van der Waals surface area (Å²) >= 11 is 0. The zero-order valence-electron chi connectivity index (χ0n) is 10.5. The largest absolute Gasteiger partial charge is 0.351 e. The van der Waals surface area contributed by atoms with Gasteiger partial charge in [0.1, 0.15) is 0 Å². The molecule has 1 aliphatic rings. The van der Waals surface area contributed by atoms with Gasteiger partial charge in [0.25, 0.3) is 15.7 Å². The third-order valence-corrected chi connectivity index (χ3v) is 4.02. The highest BCUT2D eigenvalue weighted by atomic mass is 32.2. The van der Waals surface area contributed by atoms with Crippen LogP contribution in [0.15, 0.2) is 29.2 Å². The Morgan fingerprint density at radius 3 is 2.75 bits per heavy atom. The highest BCUT2D eigenvalue weighted by Gasteiger charge is 2.27. The van der Waals surface area contributed by atoms with E-state index in [1.54, 1.807) is 0 Å². The predicted octanol–water partition coefficient (Wildman–Crippen LogP) is 1.33. The molecule has 9 heteroatoms. The molecule has 0 aromatic heterocycles. The maximum atomic E-state index is 12.0. The van der Waals surface area contributed by atoms with Crippen molar-refractivity contribution in [3.8, 4) is 0 Å². The van der Waals surface area contributed by atoms with E-state index in [1.165, 1.54) is 12.1 Å². The normalized spacial score (nSPS) is 19.7. The number of benzene rings is 1. The lowest BCUT2D eigenvalue weighted by Crippen LogP contribution is -2.33. The van der Waals surface area contributed by atoms with Crippen molar-refractivity contribution in [3.63, 3.8) is 0 Å². The number of nitro benzene ring substituents is 1. The Morgan fingerprint density at radius 2 is 2.10 bits per heavy atom. The average Bonchev–Trinajstić information content (AvgIpc) is 2.46. The van der Waals surface area contributed by atoms with Gasteiger partial charge in [-0.2, -0.15) is 0 Å². The highest BCUT2D eigenvalue weighted by Crippen LogP contribution is 2.23. The fourth-order valence-electron chi connectivity index (χ4n) is 1.80. The summed E-state index contributed by atoms with van der Waals surface area (Å²) in [5, 5.41) is 10.8. The lowest BCUT2D eigenvalue weighted by atomic mass is 10.2. The molecule has 1 unspecified atom stereocenters. The predicted molar refractivity (Wildman–Crippen MR) is 68.1 cm³/mol. The molecule has 8 nitrogen and oxygen atoms in total. The fraction of sp³-hybridized carbons (Fsp3) is 0.455. The van der Waals surface area contributed by atoms with E-state index >= 15 is 0 Å². The minimum absolute atomic E-state index is 0.444. The molecule has 110 valence electrons. The third-order valence-electron chi connectivity index (χ3n) is 2.78. The van der Waals surface area contributed by atoms with Crippen LogP contribution in [0.1, 0.15) is 19.3 Å². The number of nitro groups is 1. The van der Waals surface area contributed by atoms with Gasteiger partial charge in [0.2, 0.25) is 0 Å². The van der Waals surface area contributed by atoms with Crippen molar-refractivity contribution in [3.05, 3.63) is 34.4 Å². The molecule has 2 rings (SSSR count). The molecule has 20 heavy (non-hydrogen) atoms. The number of sulfonamides is 1. The summed E-state index contributed by atoms with van der Waals surface area (Å²) in [6.45, 7) is 0.498. The van der Waals surface area contributed by atoms with Gasteiger partial charge in [-0.05, 0) is 18.9 Å². The molecule has 1 N–H and O–H groups in total. The number of nitrogens with one attached hydrogen (secondary N) is 1. The summed E-state index contributed by atoms with van der Waals surface area (Å²) in [5.41, 5.74) is -0.506. The molecule has 0 radical (unpaired) electrons. The lowest BCUT2D eigenvalue weighted by molar-refractivity contribution is -0.387. The zero-order valence-corrected chi connectivity index (χ0v) is 11.3. The number of para-hydroxylation sites is 1. The zero-order chi connectivity index (χ0) is 14.6. The van der Waals surface area contributed by atoms with Crippen LogP contribution in [0.2, 0.25) is 0 Å². The molecule has 1 saturated heterocycles. The van der Waals surface area contributed by atoms with Gasteiger partial charge in [-0.15, -0.1) is 0 Å². The Morgan fingerprint density at radius 1 is 1.35 bits per heavy atom. The van der Waals surface area contributed by atoms with Crippen LogP contribution in [0.25, 0.3) is 0 Å². The van der Waals surface area contributed by atoms with Crippen LogP contribution in [0.3, 0.4) is 0 Å². The van der Waals surface area contributed by atoms with Gasteiger partial charge >= 0.3 is 0 Å². The van der Waals surface area contributed by atoms with Crippen LogP contribution < -0.4 is 4.89 Å². The van der Waals surface area contributed by atoms with Crippen molar-refractivity contribution in [2.75, 3.05) is 6.61 Å². The summed E-state index contributed by atoms with van der Waals surface area (Å²) < 4.78 is 29.2. The molecule has 0 spiro atoms. The van der Waals surface area contributed by atoms with Gasteiger partial charge in [0.15, 0.2) is 11.2 Å². The Balaban J connectivity index is 2.12. The van der Waals surface area contributed by atoms with Gasteiger partial charge in [0.05, 0.1) is 4.92 Å². The molecule has 1 fully saturated rings. The third kappa shape index (κ3) is 3.51. The molecule has 0 bridgehead atoms. The maximum Gasteiger partial charge on any atom is 0.289 e. The van der Waals surface area contributed by atoms with Crippen LogP contribution >= 0.6 is 0 Å². The van der Waals surface area contributed by atoms with Crippen LogP contribution in [0.5, 0.6) is 0 Å². The first-order chi connectivity index (χ1) is 9.50. The number of ether oxygens (including phenoxy) is 1. The molecule has 1 aromatic carbocycles. The summed E-state index contributed by atoms with van der Waals surface area (Å²) in [6, 6.07) is 5.05. The SMILES string of the molecule is O=[N+]([O-])c1ccccc1S(=O)(=O)NOC1CCCCO1. The van der Waals surface area contributed by atoms with Crippen molar-refractivity contribution in [1.29, 1.82) is 0 Å². The van der Waals surface area contributed by atoms with E-state index in [1.807, 2.05) is 4.89 Å². The molecule has 1 atom stereocenters. The first-order valence-corrected chi connectivity index (χ1v) is 7.51. The molecule has 1 heterocycles. The summed E-state index contributed by atoms with van der Waals surface area (Å²) in [5.74, 6) is 0. The van der Waals surface area contributed by atoms with E-state index in [9.17, 15) is 18.5 Å². The second-order valence-electron chi connectivity index (χ2n) is 4.23. The Kier molecular flexibility index (Phi) is 4.65. The molecule has 0 amide bonds. The molecule has 0 saturated carbocycles. The van der Waals surface area contributed by atoms with Gasteiger partial charge in [-0.25, -0.2) is 8.42 Å². The standard InChI is InChI=1S/C11H14N2O6S/c14-13(15)9-5-1-2-6-10(9)20(16,17)12-19-11-7-3-4-8-18-11/h1-2,5-6,11-12H,3-4,7-8H2. The van der Waals surface area contributed by atoms with E-state index in [0.717, 1.165) is 25.0 Å². The molecular formula is C11H14N2O6S. The highest BCUT2D eigenvalue weighted by molar-refractivity contribution is 7.89. The van der Waals surface area contributed by atoms with E-state index < -0.39 is 31.8 Å². The maximum absolute atomic E-state index is 12.0. The summed E-state index contributed by atoms with van der Waals surface area (Å²) in [6.07, 6.45) is 1.68. The molecule has 1 aliphatic heterocycles. The van der Waals surface area contributed by atoms with Crippen LogP contribution in [0, 0.1) is 10.1 Å². The number of hydrogen-bond donors (Lipinski definition) is 1. The minimum atomic E-state index is -4.13. The fourth-order valence-corrected chi connectivity index (χ4v) is 2.80. The Labute approximate surface area is 115 Å². The average molecular weight is 302 g/mol. The molecule has 0 aliphatic carbocycles. The monoisotopic (exact) mass is 302 g/mol. The summed E-state index contributed by atoms with van der Waals surface area (Å²) in [7, 11) is -4.13. The van der Waals surface area contributed by atoms with Crippen LogP contribution in [-0.2, 0) is 19.6 Å². The second kappa shape index (κ2) is 6.27. The summed E-state index contributed by atoms with van der Waals surface area (Å²) in [4.78, 5) is 16.5. The van der Waals surface area contributed by atoms with Crippen molar-refractivity contribution in [2.24, 2.45) is 0 Å². The Hall–Kier alpha value is -1.55. The van der Waals surface area contributed by atoms with Crippen molar-refractivity contribution < 1.29 is 22.9 Å². The topological polar surface area (TPSA) is 108 Å². The number of rotatable bonds is 5. The number of nitrogens with zero attached hydrogens (tertiary/aromatic N) is 1. The van der Waals surface area contributed by atoms with Crippen LogP contribution in [-0.4, -0.2) is 26.2 Å².